The van der Waals surface area contributed by atoms with Gasteiger partial charge < -0.3 is 9.47 Å². The molecule has 6 nitrogen and oxygen atoms in total. The summed E-state index contributed by atoms with van der Waals surface area (Å²) in [4.78, 5) is 31.3. The summed E-state index contributed by atoms with van der Waals surface area (Å²) in [6.07, 6.45) is -0.0201. The Morgan fingerprint density at radius 1 is 0.875 bits per heavy atom. The van der Waals surface area contributed by atoms with Crippen molar-refractivity contribution in [3.8, 4) is 0 Å². The van der Waals surface area contributed by atoms with Crippen molar-refractivity contribution < 1.29 is 23.5 Å². The van der Waals surface area contributed by atoms with Gasteiger partial charge >= 0.3 is 12.2 Å². The number of carbonyl (C=O) groups is 2. The van der Waals surface area contributed by atoms with Crippen molar-refractivity contribution in [3.05, 3.63) is 58.9 Å². The summed E-state index contributed by atoms with van der Waals surface area (Å²) in [5.41, 5.74) is 1.46. The van der Waals surface area contributed by atoms with Crippen molar-refractivity contribution in [1.82, 2.24) is 0 Å². The number of carbonyl (C=O) groups excluding carboxylic acids is 2. The zero-order valence-electron chi connectivity index (χ0n) is 19.9. The van der Waals surface area contributed by atoms with Gasteiger partial charge in [0, 0.05) is 6.21 Å². The van der Waals surface area contributed by atoms with Gasteiger partial charge in [0.2, 0.25) is 0 Å². The Morgan fingerprint density at radius 3 is 1.72 bits per heavy atom. The Morgan fingerprint density at radius 2 is 1.31 bits per heavy atom. The SMILES string of the molecule is Cc1cc(N=Cc2ccc(F)cc2)cc(C)c1N(C(=O)OC(C)(C)C)C(=O)OC(C)(C)C. The molecule has 32 heavy (non-hydrogen) atoms. The molecule has 172 valence electrons. The molecule has 0 radical (unpaired) electrons. The predicted octanol–water partition coefficient (Wildman–Crippen LogP) is 6.87. The number of anilines is 1. The Labute approximate surface area is 189 Å². The van der Waals surface area contributed by atoms with Crippen molar-refractivity contribution in [3.63, 3.8) is 0 Å². The lowest BCUT2D eigenvalue weighted by Crippen LogP contribution is -2.44. The van der Waals surface area contributed by atoms with Gasteiger partial charge in [-0.1, -0.05) is 12.1 Å². The predicted molar refractivity (Wildman–Crippen MR) is 125 cm³/mol. The molecule has 0 aliphatic carbocycles. The summed E-state index contributed by atoms with van der Waals surface area (Å²) >= 11 is 0. The van der Waals surface area contributed by atoms with Crippen LogP contribution in [0.5, 0.6) is 0 Å². The largest absolute Gasteiger partial charge is 0.443 e. The minimum Gasteiger partial charge on any atom is -0.443 e. The molecule has 0 N–H and O–H groups in total. The van der Waals surface area contributed by atoms with Crippen LogP contribution in [0.2, 0.25) is 0 Å². The monoisotopic (exact) mass is 442 g/mol. The first kappa shape index (κ1) is 25.0. The van der Waals surface area contributed by atoms with Crippen LogP contribution in [0.1, 0.15) is 58.2 Å². The first-order chi connectivity index (χ1) is 14.7. The first-order valence-electron chi connectivity index (χ1n) is 10.3. The van der Waals surface area contributed by atoms with Crippen LogP contribution in [0.25, 0.3) is 0 Å². The zero-order chi connectivity index (χ0) is 24.3. The number of rotatable bonds is 3. The molecule has 2 amide bonds. The second-order valence-corrected chi connectivity index (χ2v) is 9.53. The van der Waals surface area contributed by atoms with E-state index in [1.807, 2.05) is 0 Å². The average Bonchev–Trinajstić information content (AvgIpc) is 2.61. The number of amides is 2. The number of ether oxygens (including phenoxy) is 2. The normalized spacial score (nSPS) is 12.0. The van der Waals surface area contributed by atoms with Crippen LogP contribution in [0.4, 0.5) is 25.4 Å². The van der Waals surface area contributed by atoms with Crippen LogP contribution in [0, 0.1) is 19.7 Å². The van der Waals surface area contributed by atoms with Crippen LogP contribution in [-0.2, 0) is 9.47 Å². The Hall–Kier alpha value is -3.22. The first-order valence-corrected chi connectivity index (χ1v) is 10.3. The highest BCUT2D eigenvalue weighted by atomic mass is 19.1. The third kappa shape index (κ3) is 7.18. The maximum atomic E-state index is 13.1. The number of hydrogen-bond donors (Lipinski definition) is 0. The highest BCUT2D eigenvalue weighted by Gasteiger charge is 2.34. The lowest BCUT2D eigenvalue weighted by Gasteiger charge is -2.30. The molecule has 2 aromatic carbocycles. The number of aliphatic imine (C=N–C) groups is 1. The summed E-state index contributed by atoms with van der Waals surface area (Å²) in [6, 6.07) is 9.48. The molecule has 0 aliphatic heterocycles. The van der Waals surface area contributed by atoms with E-state index in [9.17, 15) is 14.0 Å². The Balaban J connectivity index is 2.45. The van der Waals surface area contributed by atoms with E-state index in [1.54, 1.807) is 85.9 Å². The van der Waals surface area contributed by atoms with E-state index in [4.69, 9.17) is 9.47 Å². The second kappa shape index (κ2) is 9.51. The minimum atomic E-state index is -0.819. The van der Waals surface area contributed by atoms with E-state index in [0.29, 0.717) is 22.5 Å². The van der Waals surface area contributed by atoms with Gasteiger partial charge in [-0.15, -0.1) is 0 Å². The van der Waals surface area contributed by atoms with Crippen LogP contribution in [0.3, 0.4) is 0 Å². The van der Waals surface area contributed by atoms with E-state index in [2.05, 4.69) is 4.99 Å². The Bertz CT molecular complexity index is 965. The van der Waals surface area contributed by atoms with Crippen molar-refractivity contribution >= 4 is 29.8 Å². The molecule has 2 aromatic rings. The van der Waals surface area contributed by atoms with Gasteiger partial charge in [0.05, 0.1) is 11.4 Å². The van der Waals surface area contributed by atoms with Gasteiger partial charge in [0.15, 0.2) is 0 Å². The summed E-state index contributed by atoms with van der Waals surface area (Å²) in [7, 11) is 0. The quantitative estimate of drug-likeness (QED) is 0.487. The van der Waals surface area contributed by atoms with E-state index in [0.717, 1.165) is 10.5 Å². The minimum absolute atomic E-state index is 0.317. The topological polar surface area (TPSA) is 68.2 Å². The summed E-state index contributed by atoms with van der Waals surface area (Å²) < 4.78 is 24.0. The zero-order valence-corrected chi connectivity index (χ0v) is 19.9. The van der Waals surface area contributed by atoms with Gasteiger partial charge in [-0.05, 0) is 96.3 Å². The molecular weight excluding hydrogens is 411 g/mol. The molecule has 0 heterocycles. The molecule has 0 spiro atoms. The highest BCUT2D eigenvalue weighted by molar-refractivity contribution is 6.10. The number of aryl methyl sites for hydroxylation is 2. The van der Waals surface area contributed by atoms with Gasteiger partial charge in [-0.2, -0.15) is 4.90 Å². The van der Waals surface area contributed by atoms with Crippen molar-refractivity contribution in [2.24, 2.45) is 4.99 Å². The van der Waals surface area contributed by atoms with E-state index >= 15 is 0 Å². The van der Waals surface area contributed by atoms with Crippen molar-refractivity contribution in [2.75, 3.05) is 4.90 Å². The molecule has 0 bridgehead atoms. The highest BCUT2D eigenvalue weighted by Crippen LogP contribution is 2.32. The fourth-order valence-corrected chi connectivity index (χ4v) is 2.93. The molecule has 0 saturated heterocycles. The standard InChI is InChI=1S/C25H31FN2O4/c1-16-13-20(27-15-18-9-11-19(26)12-10-18)14-17(2)21(16)28(22(29)31-24(3,4)5)23(30)32-25(6,7)8/h9-15H,1-8H3. The van der Waals surface area contributed by atoms with Gasteiger partial charge in [0.25, 0.3) is 0 Å². The van der Waals surface area contributed by atoms with Crippen LogP contribution in [0.15, 0.2) is 41.4 Å². The lowest BCUT2D eigenvalue weighted by atomic mass is 10.1. The van der Waals surface area contributed by atoms with Gasteiger partial charge in [0.1, 0.15) is 17.0 Å². The summed E-state index contributed by atoms with van der Waals surface area (Å²) in [5.74, 6) is -0.317. The summed E-state index contributed by atoms with van der Waals surface area (Å²) in [6.45, 7) is 13.9. The van der Waals surface area contributed by atoms with Gasteiger partial charge in [-0.25, -0.2) is 14.0 Å². The number of halogens is 1. The summed E-state index contributed by atoms with van der Waals surface area (Å²) in [5, 5.41) is 0. The number of hydrogen-bond acceptors (Lipinski definition) is 5. The molecule has 0 aromatic heterocycles. The third-order valence-corrected chi connectivity index (χ3v) is 4.08. The average molecular weight is 443 g/mol. The van der Waals surface area contributed by atoms with Gasteiger partial charge in [-0.3, -0.25) is 4.99 Å². The fraction of sp³-hybridized carbons (Fsp3) is 0.400. The van der Waals surface area contributed by atoms with E-state index < -0.39 is 23.4 Å². The van der Waals surface area contributed by atoms with Crippen LogP contribution < -0.4 is 4.90 Å². The van der Waals surface area contributed by atoms with E-state index in [-0.39, 0.29) is 5.82 Å². The fourth-order valence-electron chi connectivity index (χ4n) is 2.93. The maximum absolute atomic E-state index is 13.1. The van der Waals surface area contributed by atoms with Crippen molar-refractivity contribution in [2.45, 2.75) is 66.6 Å². The smallest absolute Gasteiger partial charge is 0.424 e. The lowest BCUT2D eigenvalue weighted by molar-refractivity contribution is 0.0430. The number of imide groups is 1. The second-order valence-electron chi connectivity index (χ2n) is 9.53. The van der Waals surface area contributed by atoms with Crippen molar-refractivity contribution in [1.29, 1.82) is 0 Å². The molecule has 0 aliphatic rings. The molecule has 0 fully saturated rings. The maximum Gasteiger partial charge on any atom is 0.424 e. The molecule has 0 unspecified atom stereocenters. The van der Waals surface area contributed by atoms with Crippen LogP contribution in [-0.4, -0.2) is 29.6 Å². The Kier molecular flexibility index (Phi) is 7.44. The number of benzene rings is 2. The van der Waals surface area contributed by atoms with Crippen LogP contribution >= 0.6 is 0 Å². The number of nitrogens with zero attached hydrogens (tertiary/aromatic N) is 2. The molecule has 0 atom stereocenters. The molecular formula is C25H31FN2O4. The third-order valence-electron chi connectivity index (χ3n) is 4.08. The van der Waals surface area contributed by atoms with E-state index in [1.165, 1.54) is 12.1 Å². The molecule has 7 heteroatoms. The molecule has 0 saturated carbocycles. The molecule has 2 rings (SSSR count).